The van der Waals surface area contributed by atoms with Gasteiger partial charge in [-0.15, -0.1) is 10.2 Å². The monoisotopic (exact) mass is 387 g/mol. The SMILES string of the molecule is CCN(CC)c1ccc(-c2nnc(SCc3ccc(C(=O)OC)o3)o2)cc1. The molecule has 2 aromatic heterocycles. The molecule has 0 unspecified atom stereocenters. The van der Waals surface area contributed by atoms with Crippen molar-refractivity contribution in [2.24, 2.45) is 0 Å². The number of methoxy groups -OCH3 is 1. The molecule has 7 nitrogen and oxygen atoms in total. The number of carbonyl (C=O) groups is 1. The quantitative estimate of drug-likeness (QED) is 0.419. The summed E-state index contributed by atoms with van der Waals surface area (Å²) in [4.78, 5) is 13.7. The van der Waals surface area contributed by atoms with E-state index in [-0.39, 0.29) is 5.76 Å². The molecule has 0 saturated carbocycles. The number of hydrogen-bond acceptors (Lipinski definition) is 8. The summed E-state index contributed by atoms with van der Waals surface area (Å²) in [7, 11) is 1.31. The van der Waals surface area contributed by atoms with E-state index in [1.165, 1.54) is 18.9 Å². The second kappa shape index (κ2) is 8.77. The molecule has 0 amide bonds. The molecule has 0 spiro atoms. The summed E-state index contributed by atoms with van der Waals surface area (Å²) in [5, 5.41) is 8.60. The largest absolute Gasteiger partial charge is 0.463 e. The molecule has 0 aliphatic carbocycles. The molecule has 142 valence electrons. The number of anilines is 1. The average molecular weight is 387 g/mol. The van der Waals surface area contributed by atoms with Crippen molar-refractivity contribution in [2.45, 2.75) is 24.8 Å². The number of esters is 1. The van der Waals surface area contributed by atoms with Crippen LogP contribution in [-0.2, 0) is 10.5 Å². The van der Waals surface area contributed by atoms with Crippen LogP contribution in [0.25, 0.3) is 11.5 Å². The van der Waals surface area contributed by atoms with Gasteiger partial charge in [0.25, 0.3) is 5.22 Å². The minimum Gasteiger partial charge on any atom is -0.463 e. The predicted molar refractivity (Wildman–Crippen MR) is 103 cm³/mol. The van der Waals surface area contributed by atoms with Gasteiger partial charge in [0.15, 0.2) is 0 Å². The summed E-state index contributed by atoms with van der Waals surface area (Å²) in [6, 6.07) is 11.4. The molecule has 27 heavy (non-hydrogen) atoms. The third-order valence-corrected chi connectivity index (χ3v) is 4.88. The third kappa shape index (κ3) is 4.51. The van der Waals surface area contributed by atoms with Crippen molar-refractivity contribution in [1.82, 2.24) is 10.2 Å². The molecular formula is C19H21N3O4S. The average Bonchev–Trinajstić information content (AvgIpc) is 3.37. The maximum absolute atomic E-state index is 11.4. The number of thioether (sulfide) groups is 1. The Kier molecular flexibility index (Phi) is 6.18. The van der Waals surface area contributed by atoms with Crippen LogP contribution in [0.1, 0.15) is 30.2 Å². The number of rotatable bonds is 8. The molecule has 3 aromatic rings. The van der Waals surface area contributed by atoms with Crippen molar-refractivity contribution < 1.29 is 18.4 Å². The number of aromatic nitrogens is 2. The van der Waals surface area contributed by atoms with Crippen LogP contribution in [0.15, 0.2) is 50.5 Å². The lowest BCUT2D eigenvalue weighted by Crippen LogP contribution is -2.21. The summed E-state index contributed by atoms with van der Waals surface area (Å²) >= 11 is 1.34. The molecule has 0 fully saturated rings. The highest BCUT2D eigenvalue weighted by atomic mass is 32.2. The molecule has 0 N–H and O–H groups in total. The standard InChI is InChI=1S/C19H21N3O4S/c1-4-22(5-2)14-8-6-13(7-9-14)17-20-21-19(26-17)27-12-15-10-11-16(25-15)18(23)24-3/h6-11H,4-5,12H2,1-3H3. The van der Waals surface area contributed by atoms with Gasteiger partial charge in [-0.05, 0) is 50.2 Å². The number of ether oxygens (including phenoxy) is 1. The van der Waals surface area contributed by atoms with Gasteiger partial charge in [0.1, 0.15) is 5.76 Å². The summed E-state index contributed by atoms with van der Waals surface area (Å²) < 4.78 is 15.7. The highest BCUT2D eigenvalue weighted by Gasteiger charge is 2.14. The van der Waals surface area contributed by atoms with E-state index in [9.17, 15) is 4.79 Å². The van der Waals surface area contributed by atoms with Crippen molar-refractivity contribution in [3.05, 3.63) is 47.9 Å². The smallest absolute Gasteiger partial charge is 0.373 e. The minimum atomic E-state index is -0.500. The van der Waals surface area contributed by atoms with Gasteiger partial charge in [-0.1, -0.05) is 11.8 Å². The van der Waals surface area contributed by atoms with Crippen LogP contribution >= 0.6 is 11.8 Å². The van der Waals surface area contributed by atoms with E-state index < -0.39 is 5.97 Å². The van der Waals surface area contributed by atoms with Gasteiger partial charge < -0.3 is 18.5 Å². The van der Waals surface area contributed by atoms with Gasteiger partial charge in [0, 0.05) is 24.3 Å². The normalized spacial score (nSPS) is 10.8. The minimum absolute atomic E-state index is 0.174. The zero-order valence-corrected chi connectivity index (χ0v) is 16.3. The van der Waals surface area contributed by atoms with Gasteiger partial charge in [0.2, 0.25) is 11.7 Å². The van der Waals surface area contributed by atoms with E-state index in [2.05, 4.69) is 45.8 Å². The molecule has 0 bridgehead atoms. The number of furan rings is 1. The number of carbonyl (C=O) groups excluding carboxylic acids is 1. The Labute approximate surface area is 161 Å². The van der Waals surface area contributed by atoms with Crippen LogP contribution in [0.2, 0.25) is 0 Å². The first-order valence-electron chi connectivity index (χ1n) is 8.63. The van der Waals surface area contributed by atoms with E-state index in [0.717, 1.165) is 24.3 Å². The lowest BCUT2D eigenvalue weighted by Gasteiger charge is -2.20. The molecule has 0 aliphatic heterocycles. The van der Waals surface area contributed by atoms with Crippen LogP contribution in [0.5, 0.6) is 0 Å². The Morgan fingerprint density at radius 3 is 2.48 bits per heavy atom. The first-order chi connectivity index (χ1) is 13.1. The van der Waals surface area contributed by atoms with Crippen molar-refractivity contribution >= 4 is 23.4 Å². The summed E-state index contributed by atoms with van der Waals surface area (Å²) in [5.74, 6) is 1.24. The zero-order chi connectivity index (χ0) is 19.2. The topological polar surface area (TPSA) is 81.6 Å². The molecule has 8 heteroatoms. The first kappa shape index (κ1) is 19.0. The summed E-state index contributed by atoms with van der Waals surface area (Å²) in [6.45, 7) is 6.18. The Balaban J connectivity index is 1.63. The fourth-order valence-electron chi connectivity index (χ4n) is 2.59. The lowest BCUT2D eigenvalue weighted by molar-refractivity contribution is 0.0563. The van der Waals surface area contributed by atoms with E-state index in [0.29, 0.717) is 22.6 Å². The van der Waals surface area contributed by atoms with Crippen LogP contribution in [0, 0.1) is 0 Å². The molecule has 3 rings (SSSR count). The number of nitrogens with zero attached hydrogens (tertiary/aromatic N) is 3. The van der Waals surface area contributed by atoms with Crippen LogP contribution < -0.4 is 4.90 Å². The van der Waals surface area contributed by atoms with E-state index in [1.807, 2.05) is 12.1 Å². The van der Waals surface area contributed by atoms with E-state index in [1.54, 1.807) is 12.1 Å². The van der Waals surface area contributed by atoms with Crippen molar-refractivity contribution in [3.63, 3.8) is 0 Å². The maximum atomic E-state index is 11.4. The Morgan fingerprint density at radius 1 is 1.07 bits per heavy atom. The summed E-state index contributed by atoms with van der Waals surface area (Å²) in [6.07, 6.45) is 0. The third-order valence-electron chi connectivity index (χ3n) is 4.04. The number of benzene rings is 1. The number of hydrogen-bond donors (Lipinski definition) is 0. The van der Waals surface area contributed by atoms with Gasteiger partial charge in [-0.3, -0.25) is 0 Å². The zero-order valence-electron chi connectivity index (χ0n) is 15.5. The molecule has 0 atom stereocenters. The van der Waals surface area contributed by atoms with Crippen LogP contribution in [0.3, 0.4) is 0 Å². The van der Waals surface area contributed by atoms with E-state index >= 15 is 0 Å². The van der Waals surface area contributed by atoms with E-state index in [4.69, 9.17) is 8.83 Å². The fraction of sp³-hybridized carbons (Fsp3) is 0.316. The fourth-order valence-corrected chi connectivity index (χ4v) is 3.24. The van der Waals surface area contributed by atoms with Gasteiger partial charge in [0.05, 0.1) is 12.9 Å². The van der Waals surface area contributed by atoms with Crippen molar-refractivity contribution in [1.29, 1.82) is 0 Å². The lowest BCUT2D eigenvalue weighted by atomic mass is 10.2. The Morgan fingerprint density at radius 2 is 1.81 bits per heavy atom. The highest BCUT2D eigenvalue weighted by molar-refractivity contribution is 7.98. The van der Waals surface area contributed by atoms with Gasteiger partial charge >= 0.3 is 5.97 Å². The molecular weight excluding hydrogens is 366 g/mol. The second-order valence-electron chi connectivity index (χ2n) is 5.64. The molecule has 0 aliphatic rings. The molecule has 1 aromatic carbocycles. The van der Waals surface area contributed by atoms with Crippen LogP contribution in [-0.4, -0.2) is 36.4 Å². The van der Waals surface area contributed by atoms with Crippen LogP contribution in [0.4, 0.5) is 5.69 Å². The first-order valence-corrected chi connectivity index (χ1v) is 9.61. The molecule has 0 radical (unpaired) electrons. The molecule has 2 heterocycles. The Hall–Kier alpha value is -2.74. The van der Waals surface area contributed by atoms with Gasteiger partial charge in [-0.25, -0.2) is 4.79 Å². The predicted octanol–water partition coefficient (Wildman–Crippen LogP) is 4.25. The highest BCUT2D eigenvalue weighted by Crippen LogP contribution is 2.27. The van der Waals surface area contributed by atoms with Crippen molar-refractivity contribution in [3.8, 4) is 11.5 Å². The molecule has 0 saturated heterocycles. The second-order valence-corrected chi connectivity index (χ2v) is 6.57. The van der Waals surface area contributed by atoms with Gasteiger partial charge in [-0.2, -0.15) is 0 Å². The summed E-state index contributed by atoms with van der Waals surface area (Å²) in [5.41, 5.74) is 2.04. The Bertz CT molecular complexity index is 885. The van der Waals surface area contributed by atoms with Crippen molar-refractivity contribution in [2.75, 3.05) is 25.1 Å². The maximum Gasteiger partial charge on any atom is 0.373 e.